The number of hydrogen-bond donors (Lipinski definition) is 2. The quantitative estimate of drug-likeness (QED) is 0.724. The fraction of sp³-hybridized carbons (Fsp3) is 1.00. The van der Waals surface area contributed by atoms with Crippen LogP contribution < -0.4 is 0 Å². The number of hydrogen-bond acceptors (Lipinski definition) is 4. The van der Waals surface area contributed by atoms with E-state index in [9.17, 15) is 10.2 Å². The Morgan fingerprint density at radius 3 is 2.59 bits per heavy atom. The number of rotatable bonds is 6. The van der Waals surface area contributed by atoms with Crippen LogP contribution in [0, 0.1) is 11.3 Å². The maximum atomic E-state index is 10.2. The molecule has 0 spiro atoms. The summed E-state index contributed by atoms with van der Waals surface area (Å²) in [6.07, 6.45) is 1.47. The molecule has 3 atom stereocenters. The first-order valence-corrected chi connectivity index (χ1v) is 6.40. The summed E-state index contributed by atoms with van der Waals surface area (Å²) < 4.78 is 4.90. The third-order valence-corrected chi connectivity index (χ3v) is 3.83. The Kier molecular flexibility index (Phi) is 5.38. The van der Waals surface area contributed by atoms with Crippen molar-refractivity contribution in [1.82, 2.24) is 4.90 Å². The van der Waals surface area contributed by atoms with E-state index in [0.717, 1.165) is 19.4 Å². The fourth-order valence-corrected chi connectivity index (χ4v) is 2.77. The van der Waals surface area contributed by atoms with Crippen LogP contribution in [0.2, 0.25) is 0 Å². The maximum absolute atomic E-state index is 10.2. The highest BCUT2D eigenvalue weighted by Gasteiger charge is 2.40. The van der Waals surface area contributed by atoms with Crippen LogP contribution in [-0.2, 0) is 4.74 Å². The fourth-order valence-electron chi connectivity index (χ4n) is 2.77. The molecule has 1 aliphatic carbocycles. The molecule has 0 aromatic carbocycles. The highest BCUT2D eigenvalue weighted by Crippen LogP contribution is 2.41. The summed E-state index contributed by atoms with van der Waals surface area (Å²) in [5.74, 6) is 0.324. The molecule has 2 N–H and O–H groups in total. The molecule has 17 heavy (non-hydrogen) atoms. The second-order valence-electron chi connectivity index (χ2n) is 6.06. The number of methoxy groups -OCH3 is 1. The van der Waals surface area contributed by atoms with Crippen LogP contribution in [0.15, 0.2) is 0 Å². The summed E-state index contributed by atoms with van der Waals surface area (Å²) >= 11 is 0. The lowest BCUT2D eigenvalue weighted by Crippen LogP contribution is -2.39. The lowest BCUT2D eigenvalue weighted by molar-refractivity contribution is 0.0167. The molecule has 1 saturated carbocycles. The average Bonchev–Trinajstić information content (AvgIpc) is 2.45. The Hall–Kier alpha value is -0.160. The smallest absolute Gasteiger partial charge is 0.0899 e. The largest absolute Gasteiger partial charge is 0.392 e. The van der Waals surface area contributed by atoms with E-state index >= 15 is 0 Å². The van der Waals surface area contributed by atoms with E-state index in [2.05, 4.69) is 18.7 Å². The predicted octanol–water partition coefficient (Wildman–Crippen LogP) is 0.723. The first kappa shape index (κ1) is 14.9. The summed E-state index contributed by atoms with van der Waals surface area (Å²) in [6.45, 7) is 6.04. The average molecular weight is 245 g/mol. The molecule has 4 heteroatoms. The van der Waals surface area contributed by atoms with Crippen LogP contribution in [-0.4, -0.2) is 61.2 Å². The first-order chi connectivity index (χ1) is 7.86. The summed E-state index contributed by atoms with van der Waals surface area (Å²) in [5, 5.41) is 19.8. The van der Waals surface area contributed by atoms with Crippen molar-refractivity contribution in [3.05, 3.63) is 0 Å². The molecule has 0 aromatic rings. The van der Waals surface area contributed by atoms with Crippen molar-refractivity contribution in [2.75, 3.05) is 33.9 Å². The van der Waals surface area contributed by atoms with E-state index in [1.807, 2.05) is 7.05 Å². The minimum atomic E-state index is -0.448. The van der Waals surface area contributed by atoms with Crippen molar-refractivity contribution in [3.8, 4) is 0 Å². The molecule has 1 rings (SSSR count). The zero-order valence-electron chi connectivity index (χ0n) is 11.5. The SMILES string of the molecule is COCC(O)CN(C)CC1CCC(C)(C)C1O. The van der Waals surface area contributed by atoms with Crippen molar-refractivity contribution in [1.29, 1.82) is 0 Å². The molecule has 0 aliphatic heterocycles. The lowest BCUT2D eigenvalue weighted by Gasteiger charge is -2.29. The second-order valence-corrected chi connectivity index (χ2v) is 6.06. The van der Waals surface area contributed by atoms with E-state index in [1.54, 1.807) is 7.11 Å². The number of aliphatic hydroxyl groups is 2. The third kappa shape index (κ3) is 4.21. The van der Waals surface area contributed by atoms with Gasteiger partial charge in [-0.25, -0.2) is 0 Å². The maximum Gasteiger partial charge on any atom is 0.0899 e. The molecule has 3 unspecified atom stereocenters. The number of ether oxygens (including phenoxy) is 1. The molecule has 102 valence electrons. The lowest BCUT2D eigenvalue weighted by atomic mass is 9.87. The molecule has 0 radical (unpaired) electrons. The van der Waals surface area contributed by atoms with E-state index in [4.69, 9.17) is 4.74 Å². The molecule has 0 amide bonds. The Bertz CT molecular complexity index is 233. The van der Waals surface area contributed by atoms with Gasteiger partial charge in [0.15, 0.2) is 0 Å². The monoisotopic (exact) mass is 245 g/mol. The highest BCUT2D eigenvalue weighted by molar-refractivity contribution is 4.92. The van der Waals surface area contributed by atoms with Gasteiger partial charge in [-0.15, -0.1) is 0 Å². The van der Waals surface area contributed by atoms with Gasteiger partial charge < -0.3 is 19.8 Å². The summed E-state index contributed by atoms with van der Waals surface area (Å²) in [7, 11) is 3.57. The van der Waals surface area contributed by atoms with Crippen LogP contribution in [0.1, 0.15) is 26.7 Å². The van der Waals surface area contributed by atoms with Crippen LogP contribution in [0.4, 0.5) is 0 Å². The van der Waals surface area contributed by atoms with Gasteiger partial charge in [0.2, 0.25) is 0 Å². The molecule has 0 saturated heterocycles. The third-order valence-electron chi connectivity index (χ3n) is 3.83. The Morgan fingerprint density at radius 2 is 2.12 bits per heavy atom. The van der Waals surface area contributed by atoms with Crippen molar-refractivity contribution in [2.45, 2.75) is 38.9 Å². The Labute approximate surface area is 105 Å². The summed E-state index contributed by atoms with van der Waals surface area (Å²) in [5.41, 5.74) is 0.0383. The molecular formula is C13H27NO3. The second kappa shape index (κ2) is 6.14. The minimum absolute atomic E-state index is 0.0383. The van der Waals surface area contributed by atoms with E-state index < -0.39 is 6.10 Å². The minimum Gasteiger partial charge on any atom is -0.392 e. The van der Waals surface area contributed by atoms with Crippen molar-refractivity contribution < 1.29 is 14.9 Å². The number of aliphatic hydroxyl groups excluding tert-OH is 2. The molecule has 1 fully saturated rings. The molecular weight excluding hydrogens is 218 g/mol. The summed E-state index contributed by atoms with van der Waals surface area (Å²) in [6, 6.07) is 0. The van der Waals surface area contributed by atoms with Crippen LogP contribution in [0.5, 0.6) is 0 Å². The molecule has 0 heterocycles. The zero-order chi connectivity index (χ0) is 13.1. The normalized spacial score (nSPS) is 29.8. The topological polar surface area (TPSA) is 52.9 Å². The van der Waals surface area contributed by atoms with Crippen molar-refractivity contribution in [2.24, 2.45) is 11.3 Å². The van der Waals surface area contributed by atoms with E-state index in [1.165, 1.54) is 0 Å². The van der Waals surface area contributed by atoms with E-state index in [-0.39, 0.29) is 11.5 Å². The van der Waals surface area contributed by atoms with Crippen molar-refractivity contribution >= 4 is 0 Å². The first-order valence-electron chi connectivity index (χ1n) is 6.40. The van der Waals surface area contributed by atoms with Gasteiger partial charge in [0.25, 0.3) is 0 Å². The Balaban J connectivity index is 2.34. The van der Waals surface area contributed by atoms with E-state index in [0.29, 0.717) is 19.1 Å². The van der Waals surface area contributed by atoms with Crippen LogP contribution >= 0.6 is 0 Å². The van der Waals surface area contributed by atoms with Gasteiger partial charge in [-0.3, -0.25) is 0 Å². The van der Waals surface area contributed by atoms with Gasteiger partial charge in [0.05, 0.1) is 18.8 Å². The van der Waals surface area contributed by atoms with Gasteiger partial charge in [0, 0.05) is 20.2 Å². The standard InChI is InChI=1S/C13H27NO3/c1-13(2)6-5-10(12(13)16)7-14(3)8-11(15)9-17-4/h10-12,15-16H,5-9H2,1-4H3. The van der Waals surface area contributed by atoms with Gasteiger partial charge >= 0.3 is 0 Å². The molecule has 0 bridgehead atoms. The van der Waals surface area contributed by atoms with Gasteiger partial charge in [-0.1, -0.05) is 13.8 Å². The van der Waals surface area contributed by atoms with Gasteiger partial charge in [-0.2, -0.15) is 0 Å². The predicted molar refractivity (Wildman–Crippen MR) is 67.9 cm³/mol. The molecule has 0 aromatic heterocycles. The van der Waals surface area contributed by atoms with Gasteiger partial charge in [-0.05, 0) is 31.2 Å². The number of likely N-dealkylation sites (N-methyl/N-ethyl adjacent to an activating group) is 1. The Morgan fingerprint density at radius 1 is 1.47 bits per heavy atom. The van der Waals surface area contributed by atoms with Gasteiger partial charge in [0.1, 0.15) is 0 Å². The zero-order valence-corrected chi connectivity index (χ0v) is 11.5. The molecule has 4 nitrogen and oxygen atoms in total. The van der Waals surface area contributed by atoms with Crippen LogP contribution in [0.25, 0.3) is 0 Å². The van der Waals surface area contributed by atoms with Crippen LogP contribution in [0.3, 0.4) is 0 Å². The highest BCUT2D eigenvalue weighted by atomic mass is 16.5. The van der Waals surface area contributed by atoms with Crippen molar-refractivity contribution in [3.63, 3.8) is 0 Å². The molecule has 1 aliphatic rings. The summed E-state index contributed by atoms with van der Waals surface area (Å²) in [4.78, 5) is 2.08. The number of nitrogens with zero attached hydrogens (tertiary/aromatic N) is 1.